The molecule has 0 N–H and O–H groups in total. The molecule has 1 saturated heterocycles. The Bertz CT molecular complexity index is 568. The van der Waals surface area contributed by atoms with Crippen LogP contribution in [0.1, 0.15) is 17.7 Å². The zero-order chi connectivity index (χ0) is 16.1. The molecule has 21 heavy (non-hydrogen) atoms. The lowest BCUT2D eigenvalue weighted by Crippen LogP contribution is -2.51. The van der Waals surface area contributed by atoms with Crippen molar-refractivity contribution in [1.29, 1.82) is 5.26 Å². The van der Waals surface area contributed by atoms with Crippen molar-refractivity contribution in [2.45, 2.75) is 25.7 Å². The van der Waals surface area contributed by atoms with Crippen molar-refractivity contribution in [1.82, 2.24) is 4.37 Å². The van der Waals surface area contributed by atoms with E-state index in [2.05, 4.69) is 4.37 Å². The molecule has 0 bridgehead atoms. The zero-order valence-electron chi connectivity index (χ0n) is 10.6. The van der Waals surface area contributed by atoms with Gasteiger partial charge in [0.1, 0.15) is 16.6 Å². The number of halogens is 6. The summed E-state index contributed by atoms with van der Waals surface area (Å²) in [6.07, 6.45) is -11.9. The monoisotopic (exact) mass is 329 g/mol. The predicted octanol–water partition coefficient (Wildman–Crippen LogP) is 3.64. The Kier molecular flexibility index (Phi) is 3.60. The van der Waals surface area contributed by atoms with Crippen LogP contribution in [-0.2, 0) is 0 Å². The number of nitrogens with zero attached hydrogens (tertiary/aromatic N) is 3. The molecular formula is C11H9F6N3S. The largest absolute Gasteiger partial charge is 0.404 e. The summed E-state index contributed by atoms with van der Waals surface area (Å²) in [5, 5.41) is 9.00. The van der Waals surface area contributed by atoms with Gasteiger partial charge in [-0.25, -0.2) is 0 Å². The number of rotatable bonds is 1. The predicted molar refractivity (Wildman–Crippen MR) is 62.9 cm³/mol. The fourth-order valence-corrected chi connectivity index (χ4v) is 3.18. The third-order valence-corrected chi connectivity index (χ3v) is 4.60. The van der Waals surface area contributed by atoms with Gasteiger partial charge >= 0.3 is 12.4 Å². The summed E-state index contributed by atoms with van der Waals surface area (Å²) in [6, 6.07) is 1.77. The van der Waals surface area contributed by atoms with E-state index >= 15 is 0 Å². The van der Waals surface area contributed by atoms with Crippen molar-refractivity contribution < 1.29 is 26.3 Å². The highest BCUT2D eigenvalue weighted by molar-refractivity contribution is 7.10. The molecule has 0 radical (unpaired) electrons. The molecule has 3 nitrogen and oxygen atoms in total. The maximum Gasteiger partial charge on any atom is 0.404 e. The van der Waals surface area contributed by atoms with Crippen molar-refractivity contribution in [3.63, 3.8) is 0 Å². The molecule has 1 aliphatic rings. The number of aryl methyl sites for hydroxylation is 1. The minimum atomic E-state index is -5.40. The van der Waals surface area contributed by atoms with E-state index in [1.165, 1.54) is 6.92 Å². The first-order valence-corrected chi connectivity index (χ1v) is 6.55. The third-order valence-electron chi connectivity index (χ3n) is 3.60. The minimum Gasteiger partial charge on any atom is -0.360 e. The lowest BCUT2D eigenvalue weighted by molar-refractivity contribution is -0.332. The van der Waals surface area contributed by atoms with Crippen LogP contribution in [0.2, 0.25) is 0 Å². The van der Waals surface area contributed by atoms with Crippen LogP contribution in [0.4, 0.5) is 31.3 Å². The summed E-state index contributed by atoms with van der Waals surface area (Å²) in [6.45, 7) is -0.180. The number of nitriles is 1. The topological polar surface area (TPSA) is 39.9 Å². The summed E-state index contributed by atoms with van der Waals surface area (Å²) in [5.41, 5.74) is -3.43. The average Bonchev–Trinajstić information content (AvgIpc) is 2.90. The Morgan fingerprint density at radius 2 is 1.81 bits per heavy atom. The van der Waals surface area contributed by atoms with E-state index in [0.717, 1.165) is 16.4 Å². The number of alkyl halides is 6. The van der Waals surface area contributed by atoms with E-state index in [1.54, 1.807) is 6.07 Å². The Balaban J connectivity index is 2.40. The number of aromatic nitrogens is 1. The maximum absolute atomic E-state index is 13.0. The fraction of sp³-hybridized carbons (Fsp3) is 0.636. The Hall–Kier alpha value is -1.50. The molecule has 1 aromatic rings. The molecule has 10 heteroatoms. The summed E-state index contributed by atoms with van der Waals surface area (Å²) in [4.78, 5) is 0.949. The molecule has 0 saturated carbocycles. The van der Waals surface area contributed by atoms with Gasteiger partial charge in [-0.3, -0.25) is 0 Å². The maximum atomic E-state index is 13.0. The van der Waals surface area contributed by atoms with Gasteiger partial charge in [-0.2, -0.15) is 36.0 Å². The van der Waals surface area contributed by atoms with Crippen LogP contribution in [0.5, 0.6) is 0 Å². The number of hydrogen-bond acceptors (Lipinski definition) is 4. The Labute approximate surface area is 119 Å². The normalized spacial score (nSPS) is 18.9. The highest BCUT2D eigenvalue weighted by Gasteiger charge is 2.72. The minimum absolute atomic E-state index is 0.0279. The fourth-order valence-electron chi connectivity index (χ4n) is 2.31. The van der Waals surface area contributed by atoms with Crippen LogP contribution in [0, 0.1) is 23.7 Å². The van der Waals surface area contributed by atoms with Crippen LogP contribution in [0.15, 0.2) is 0 Å². The molecular weight excluding hydrogens is 320 g/mol. The van der Waals surface area contributed by atoms with E-state index in [1.807, 2.05) is 0 Å². The highest BCUT2D eigenvalue weighted by atomic mass is 32.1. The second kappa shape index (κ2) is 4.76. The molecule has 0 amide bonds. The van der Waals surface area contributed by atoms with Crippen LogP contribution < -0.4 is 4.90 Å². The van der Waals surface area contributed by atoms with E-state index in [9.17, 15) is 26.3 Å². The lowest BCUT2D eigenvalue weighted by Gasteiger charge is -2.33. The summed E-state index contributed by atoms with van der Waals surface area (Å²) >= 11 is 0.739. The van der Waals surface area contributed by atoms with Gasteiger partial charge in [0.25, 0.3) is 0 Å². The van der Waals surface area contributed by atoms with Gasteiger partial charge in [-0.15, -0.1) is 0 Å². The van der Waals surface area contributed by atoms with Gasteiger partial charge < -0.3 is 4.90 Å². The molecule has 116 valence electrons. The van der Waals surface area contributed by atoms with Crippen LogP contribution in [0.3, 0.4) is 0 Å². The number of hydrogen-bond donors (Lipinski definition) is 0. The molecule has 1 aliphatic heterocycles. The molecule has 2 heterocycles. The van der Waals surface area contributed by atoms with E-state index in [4.69, 9.17) is 5.26 Å². The molecule has 0 unspecified atom stereocenters. The van der Waals surface area contributed by atoms with E-state index < -0.39 is 37.3 Å². The Morgan fingerprint density at radius 1 is 1.24 bits per heavy atom. The average molecular weight is 329 g/mol. The van der Waals surface area contributed by atoms with Gasteiger partial charge in [-0.1, -0.05) is 0 Å². The second-order valence-electron chi connectivity index (χ2n) is 4.81. The highest BCUT2D eigenvalue weighted by Crippen LogP contribution is 2.56. The molecule has 0 aromatic carbocycles. The quantitative estimate of drug-likeness (QED) is 0.739. The van der Waals surface area contributed by atoms with Gasteiger partial charge in [0, 0.05) is 13.1 Å². The summed E-state index contributed by atoms with van der Waals surface area (Å²) in [7, 11) is 0. The van der Waals surface area contributed by atoms with Gasteiger partial charge in [0.05, 0.1) is 5.69 Å². The molecule has 1 aromatic heterocycles. The van der Waals surface area contributed by atoms with Gasteiger partial charge in [0.15, 0.2) is 5.41 Å². The van der Waals surface area contributed by atoms with Crippen molar-refractivity contribution >= 4 is 16.5 Å². The molecule has 0 aliphatic carbocycles. The second-order valence-corrected chi connectivity index (χ2v) is 5.56. The first-order valence-electron chi connectivity index (χ1n) is 5.78. The van der Waals surface area contributed by atoms with Gasteiger partial charge in [-0.05, 0) is 24.9 Å². The van der Waals surface area contributed by atoms with Crippen LogP contribution in [0.25, 0.3) is 0 Å². The van der Waals surface area contributed by atoms with Crippen molar-refractivity contribution in [3.05, 3.63) is 11.3 Å². The van der Waals surface area contributed by atoms with Crippen molar-refractivity contribution in [3.8, 4) is 6.07 Å². The Morgan fingerprint density at radius 3 is 2.24 bits per heavy atom. The van der Waals surface area contributed by atoms with Crippen LogP contribution in [-0.4, -0.2) is 29.8 Å². The van der Waals surface area contributed by atoms with Crippen molar-refractivity contribution in [2.24, 2.45) is 5.41 Å². The summed E-state index contributed by atoms with van der Waals surface area (Å²) < 4.78 is 81.6. The first-order chi connectivity index (χ1) is 9.53. The van der Waals surface area contributed by atoms with Crippen LogP contribution >= 0.6 is 11.5 Å². The molecule has 0 atom stereocenters. The molecule has 2 rings (SSSR count). The van der Waals surface area contributed by atoms with E-state index in [0.29, 0.717) is 5.69 Å². The zero-order valence-corrected chi connectivity index (χ0v) is 11.5. The van der Waals surface area contributed by atoms with Crippen molar-refractivity contribution in [2.75, 3.05) is 18.0 Å². The molecule has 1 fully saturated rings. The standard InChI is InChI=1S/C11H9F6N3S/c1-6-7(4-18)8(21-19-6)20-3-2-9(5-20,10(12,13)14)11(15,16)17/h2-3,5H2,1H3. The number of anilines is 1. The smallest absolute Gasteiger partial charge is 0.360 e. The van der Waals surface area contributed by atoms with Gasteiger partial charge in [0.2, 0.25) is 0 Å². The summed E-state index contributed by atoms with van der Waals surface area (Å²) in [5.74, 6) is 0. The SMILES string of the molecule is Cc1nsc(N2CCC(C(F)(F)F)(C(F)(F)F)C2)c1C#N. The van der Waals surface area contributed by atoms with E-state index in [-0.39, 0.29) is 10.6 Å². The first kappa shape index (κ1) is 15.9. The lowest BCUT2D eigenvalue weighted by atomic mass is 9.85. The molecule has 0 spiro atoms. The third kappa shape index (κ3) is 2.33.